The predicted molar refractivity (Wildman–Crippen MR) is 56.7 cm³/mol. The second kappa shape index (κ2) is 6.76. The average molecular weight is 238 g/mol. The maximum atomic E-state index is 11.4. The van der Waals surface area contributed by atoms with E-state index in [1.165, 1.54) is 0 Å². The van der Waals surface area contributed by atoms with Gasteiger partial charge in [0.1, 0.15) is 0 Å². The maximum absolute atomic E-state index is 11.4. The fourth-order valence-corrected chi connectivity index (χ4v) is 2.32. The number of rotatable bonds is 7. The highest BCUT2D eigenvalue weighted by atomic mass is 32.2. The van der Waals surface area contributed by atoms with Crippen LogP contribution in [0.2, 0.25) is 0 Å². The summed E-state index contributed by atoms with van der Waals surface area (Å²) in [4.78, 5) is 10.8. The van der Waals surface area contributed by atoms with Gasteiger partial charge in [0.15, 0.2) is 5.75 Å². The van der Waals surface area contributed by atoms with Crippen LogP contribution >= 0.6 is 0 Å². The number of nitrogens with two attached hydrogens (primary N) is 1. The molecule has 0 amide bonds. The second-order valence-electron chi connectivity index (χ2n) is 3.17. The number of hydrogen-bond acceptors (Lipinski definition) is 5. The summed E-state index contributed by atoms with van der Waals surface area (Å²) in [5.41, 5.74) is 5.39. The second-order valence-corrected chi connectivity index (χ2v) is 4.93. The van der Waals surface area contributed by atoms with Gasteiger partial charge < -0.3 is 10.5 Å². The number of carbonyl (C=O) groups is 1. The molecule has 0 fully saturated rings. The smallest absolute Gasteiger partial charge is 0.322 e. The Balaban J connectivity index is 4.28. The van der Waals surface area contributed by atoms with Crippen LogP contribution in [0.15, 0.2) is 0 Å². The molecule has 0 radical (unpaired) electrons. The van der Waals surface area contributed by atoms with Gasteiger partial charge in [-0.25, -0.2) is 13.1 Å². The molecule has 0 spiro atoms. The van der Waals surface area contributed by atoms with Gasteiger partial charge in [-0.05, 0) is 6.42 Å². The lowest BCUT2D eigenvalue weighted by atomic mass is 10.2. The first-order valence-corrected chi connectivity index (χ1v) is 6.37. The van der Waals surface area contributed by atoms with E-state index in [4.69, 9.17) is 5.73 Å². The van der Waals surface area contributed by atoms with Crippen LogP contribution in [0.3, 0.4) is 0 Å². The highest BCUT2D eigenvalue weighted by Gasteiger charge is 2.20. The van der Waals surface area contributed by atoms with E-state index in [0.29, 0.717) is 6.42 Å². The van der Waals surface area contributed by atoms with E-state index in [1.54, 1.807) is 0 Å². The SMILES string of the molecule is CCCC(CN)NS(=O)(=O)CC(=O)OC. The van der Waals surface area contributed by atoms with Crippen LogP contribution in [0.5, 0.6) is 0 Å². The number of methoxy groups -OCH3 is 1. The third-order valence-corrected chi connectivity index (χ3v) is 3.11. The van der Waals surface area contributed by atoms with E-state index in [2.05, 4.69) is 9.46 Å². The fraction of sp³-hybridized carbons (Fsp3) is 0.875. The van der Waals surface area contributed by atoms with Crippen molar-refractivity contribution in [3.05, 3.63) is 0 Å². The molecule has 6 nitrogen and oxygen atoms in total. The summed E-state index contributed by atoms with van der Waals surface area (Å²) in [6, 6.07) is -0.315. The van der Waals surface area contributed by atoms with Gasteiger partial charge in [0, 0.05) is 12.6 Å². The predicted octanol–water partition coefficient (Wildman–Crippen LogP) is -0.794. The molecule has 15 heavy (non-hydrogen) atoms. The average Bonchev–Trinajstić information content (AvgIpc) is 2.15. The molecule has 1 atom stereocenters. The minimum atomic E-state index is -3.63. The summed E-state index contributed by atoms with van der Waals surface area (Å²) in [5, 5.41) is 0. The Morgan fingerprint density at radius 3 is 2.53 bits per heavy atom. The zero-order chi connectivity index (χ0) is 11.9. The molecule has 0 rings (SSSR count). The molecule has 0 aliphatic heterocycles. The number of sulfonamides is 1. The van der Waals surface area contributed by atoms with Gasteiger partial charge in [0.05, 0.1) is 7.11 Å². The highest BCUT2D eigenvalue weighted by molar-refractivity contribution is 7.90. The number of nitrogens with one attached hydrogen (secondary N) is 1. The molecular weight excluding hydrogens is 220 g/mol. The van der Waals surface area contributed by atoms with Gasteiger partial charge in [-0.3, -0.25) is 4.79 Å². The number of hydrogen-bond donors (Lipinski definition) is 2. The summed E-state index contributed by atoms with van der Waals surface area (Å²) < 4.78 is 29.4. The van der Waals surface area contributed by atoms with Crippen molar-refractivity contribution in [3.8, 4) is 0 Å². The van der Waals surface area contributed by atoms with Gasteiger partial charge in [-0.15, -0.1) is 0 Å². The fourth-order valence-electron chi connectivity index (χ4n) is 1.08. The Morgan fingerprint density at radius 1 is 1.53 bits per heavy atom. The zero-order valence-electron chi connectivity index (χ0n) is 9.02. The number of carbonyl (C=O) groups excluding carboxylic acids is 1. The van der Waals surface area contributed by atoms with Crippen molar-refractivity contribution < 1.29 is 17.9 Å². The molecule has 7 heteroatoms. The molecule has 1 unspecified atom stereocenters. The van der Waals surface area contributed by atoms with Crippen molar-refractivity contribution in [2.24, 2.45) is 5.73 Å². The van der Waals surface area contributed by atoms with Gasteiger partial charge in [0.2, 0.25) is 10.0 Å². The van der Waals surface area contributed by atoms with Crippen molar-refractivity contribution in [3.63, 3.8) is 0 Å². The highest BCUT2D eigenvalue weighted by Crippen LogP contribution is 1.98. The molecular formula is C8H18N2O4S. The lowest BCUT2D eigenvalue weighted by molar-refractivity contribution is -0.137. The molecule has 3 N–H and O–H groups in total. The van der Waals surface area contributed by atoms with Gasteiger partial charge in [-0.1, -0.05) is 13.3 Å². The van der Waals surface area contributed by atoms with E-state index >= 15 is 0 Å². The lowest BCUT2D eigenvalue weighted by Crippen LogP contribution is -2.42. The molecule has 0 aliphatic rings. The van der Waals surface area contributed by atoms with Crippen molar-refractivity contribution in [1.29, 1.82) is 0 Å². The first-order valence-electron chi connectivity index (χ1n) is 4.72. The van der Waals surface area contributed by atoms with Crippen LogP contribution in [0.4, 0.5) is 0 Å². The van der Waals surface area contributed by atoms with E-state index < -0.39 is 21.7 Å². The first-order chi connectivity index (χ1) is 6.95. The molecule has 90 valence electrons. The van der Waals surface area contributed by atoms with Crippen molar-refractivity contribution in [1.82, 2.24) is 4.72 Å². The summed E-state index contributed by atoms with van der Waals surface area (Å²) in [5.74, 6) is -1.45. The number of esters is 1. The van der Waals surface area contributed by atoms with Crippen LogP contribution in [0, 0.1) is 0 Å². The van der Waals surface area contributed by atoms with Crippen LogP contribution in [-0.4, -0.2) is 39.8 Å². The largest absolute Gasteiger partial charge is 0.468 e. The normalized spacial score (nSPS) is 13.5. The van der Waals surface area contributed by atoms with E-state index in [9.17, 15) is 13.2 Å². The molecule has 0 aliphatic carbocycles. The van der Waals surface area contributed by atoms with Gasteiger partial charge in [0.25, 0.3) is 0 Å². The number of ether oxygens (including phenoxy) is 1. The van der Waals surface area contributed by atoms with Gasteiger partial charge >= 0.3 is 5.97 Å². The van der Waals surface area contributed by atoms with Crippen molar-refractivity contribution in [2.45, 2.75) is 25.8 Å². The van der Waals surface area contributed by atoms with Crippen molar-refractivity contribution >= 4 is 16.0 Å². The quantitative estimate of drug-likeness (QED) is 0.566. The lowest BCUT2D eigenvalue weighted by Gasteiger charge is -2.15. The van der Waals surface area contributed by atoms with E-state index in [-0.39, 0.29) is 12.6 Å². The third-order valence-electron chi connectivity index (χ3n) is 1.80. The Hall–Kier alpha value is -0.660. The summed E-state index contributed by atoms with van der Waals surface area (Å²) >= 11 is 0. The van der Waals surface area contributed by atoms with E-state index in [1.807, 2.05) is 6.92 Å². The standard InChI is InChI=1S/C8H18N2O4S/c1-3-4-7(5-9)10-15(12,13)6-8(11)14-2/h7,10H,3-6,9H2,1-2H3. The van der Waals surface area contributed by atoms with Crippen LogP contribution in [-0.2, 0) is 19.6 Å². The summed E-state index contributed by atoms with van der Waals surface area (Å²) in [7, 11) is -2.49. The molecule has 0 saturated heterocycles. The zero-order valence-corrected chi connectivity index (χ0v) is 9.84. The summed E-state index contributed by atoms with van der Waals surface area (Å²) in [6.45, 7) is 2.14. The minimum absolute atomic E-state index is 0.217. The monoisotopic (exact) mass is 238 g/mol. The van der Waals surface area contributed by atoms with Crippen LogP contribution < -0.4 is 10.5 Å². The minimum Gasteiger partial charge on any atom is -0.468 e. The molecule has 0 aromatic carbocycles. The van der Waals surface area contributed by atoms with Crippen LogP contribution in [0.25, 0.3) is 0 Å². The van der Waals surface area contributed by atoms with Crippen molar-refractivity contribution in [2.75, 3.05) is 19.4 Å². The van der Waals surface area contributed by atoms with Crippen LogP contribution in [0.1, 0.15) is 19.8 Å². The molecule has 0 saturated carbocycles. The summed E-state index contributed by atoms with van der Waals surface area (Å²) in [6.07, 6.45) is 1.47. The Kier molecular flexibility index (Phi) is 6.46. The Bertz CT molecular complexity index is 289. The topological polar surface area (TPSA) is 98.5 Å². The van der Waals surface area contributed by atoms with E-state index in [0.717, 1.165) is 13.5 Å². The first kappa shape index (κ1) is 14.3. The molecule has 0 heterocycles. The maximum Gasteiger partial charge on any atom is 0.322 e. The Labute approximate surface area is 90.2 Å². The van der Waals surface area contributed by atoms with Gasteiger partial charge in [-0.2, -0.15) is 0 Å². The third kappa shape index (κ3) is 6.43. The molecule has 0 aromatic heterocycles. The molecule has 0 aromatic rings. The Morgan fingerprint density at radius 2 is 2.13 bits per heavy atom. The molecule has 0 bridgehead atoms.